The van der Waals surface area contributed by atoms with E-state index in [9.17, 15) is 22.8 Å². The fourth-order valence-corrected chi connectivity index (χ4v) is 6.14. The number of ether oxygens (including phenoxy) is 1. The van der Waals surface area contributed by atoms with E-state index in [1.165, 1.54) is 19.3 Å². The molecule has 0 unspecified atom stereocenters. The lowest BCUT2D eigenvalue weighted by molar-refractivity contribution is -0.182. The zero-order valence-electron chi connectivity index (χ0n) is 16.4. The molecule has 0 saturated heterocycles. The predicted octanol–water partition coefficient (Wildman–Crippen LogP) is 3.78. The summed E-state index contributed by atoms with van der Waals surface area (Å²) in [6, 6.07) is 0. The number of thioether (sulfide) groups is 1. The molecule has 166 valence electrons. The van der Waals surface area contributed by atoms with E-state index in [2.05, 4.69) is 18.1 Å². The molecule has 4 aliphatic carbocycles. The third-order valence-corrected chi connectivity index (χ3v) is 7.76. The van der Waals surface area contributed by atoms with Gasteiger partial charge in [-0.05, 0) is 56.3 Å². The number of hydroxylamine groups is 1. The van der Waals surface area contributed by atoms with Gasteiger partial charge in [-0.25, -0.2) is 4.79 Å². The quantitative estimate of drug-likeness (QED) is 0.313. The van der Waals surface area contributed by atoms with Gasteiger partial charge in [0.05, 0.1) is 17.2 Å². The first-order valence-electron chi connectivity index (χ1n) is 10.0. The summed E-state index contributed by atoms with van der Waals surface area (Å²) < 4.78 is 42.5. The maximum absolute atomic E-state index is 12.6. The number of carbonyl (C=O) groups is 2. The van der Waals surface area contributed by atoms with Gasteiger partial charge in [0.25, 0.3) is 0 Å². The van der Waals surface area contributed by atoms with Gasteiger partial charge in [0.15, 0.2) is 0 Å². The number of thiol groups is 1. The zero-order chi connectivity index (χ0) is 21.2. The van der Waals surface area contributed by atoms with Gasteiger partial charge in [-0.2, -0.15) is 25.8 Å². The standard InChI is InChI=1S/C19H28F3NO4S2/c1-11(8-28)16(24)26-15(9-29-10-19(20,21)22)17(25)27-23-18-5-12-2-13(6-18)4-14(3-12)7-18/h11-15,23,28H,2-10H2,1H3/t11-,12?,13?,14?,15+,18?/m1/s1. The molecule has 0 aromatic carbocycles. The second-order valence-electron chi connectivity index (χ2n) is 8.86. The predicted molar refractivity (Wildman–Crippen MR) is 106 cm³/mol. The number of nitrogens with one attached hydrogen (secondary N) is 1. The Balaban J connectivity index is 1.57. The topological polar surface area (TPSA) is 64.6 Å². The second kappa shape index (κ2) is 9.26. The summed E-state index contributed by atoms with van der Waals surface area (Å²) >= 11 is 4.51. The molecule has 0 heterocycles. The Bertz CT molecular complexity index is 581. The first-order chi connectivity index (χ1) is 13.6. The van der Waals surface area contributed by atoms with Gasteiger partial charge in [-0.15, -0.1) is 17.2 Å². The fraction of sp³-hybridized carbons (Fsp3) is 0.895. The molecular weight excluding hydrogens is 427 g/mol. The van der Waals surface area contributed by atoms with Crippen molar-refractivity contribution >= 4 is 36.3 Å². The Labute approximate surface area is 178 Å². The van der Waals surface area contributed by atoms with Crippen LogP contribution in [0.1, 0.15) is 45.4 Å². The van der Waals surface area contributed by atoms with Crippen LogP contribution in [0.25, 0.3) is 0 Å². The second-order valence-corrected chi connectivity index (χ2v) is 10.3. The smallest absolute Gasteiger partial charge is 0.397 e. The van der Waals surface area contributed by atoms with E-state index in [-0.39, 0.29) is 17.0 Å². The van der Waals surface area contributed by atoms with Crippen LogP contribution < -0.4 is 5.48 Å². The summed E-state index contributed by atoms with van der Waals surface area (Å²) in [5.74, 6) is -1.41. The summed E-state index contributed by atoms with van der Waals surface area (Å²) in [5.41, 5.74) is 2.69. The fourth-order valence-electron chi connectivity index (χ4n) is 5.22. The minimum Gasteiger partial charge on any atom is -0.449 e. The SMILES string of the molecule is C[C@H](CS)C(=O)O[C@@H](CSCC(F)(F)F)C(=O)ONC12CC3CC(CC(C3)C1)C2. The highest BCUT2D eigenvalue weighted by Crippen LogP contribution is 2.55. The Morgan fingerprint density at radius 2 is 1.69 bits per heavy atom. The number of rotatable bonds is 9. The number of esters is 1. The lowest BCUT2D eigenvalue weighted by Crippen LogP contribution is -2.59. The number of hydrogen-bond donors (Lipinski definition) is 2. The van der Waals surface area contributed by atoms with Gasteiger partial charge >= 0.3 is 18.1 Å². The maximum atomic E-state index is 12.6. The minimum atomic E-state index is -4.36. The molecule has 4 rings (SSSR count). The van der Waals surface area contributed by atoms with Crippen LogP contribution >= 0.6 is 24.4 Å². The van der Waals surface area contributed by atoms with Gasteiger partial charge in [-0.1, -0.05) is 6.92 Å². The molecule has 0 aliphatic heterocycles. The van der Waals surface area contributed by atoms with Crippen molar-refractivity contribution in [3.05, 3.63) is 0 Å². The molecular formula is C19H28F3NO4S2. The maximum Gasteiger partial charge on any atom is 0.397 e. The molecule has 4 fully saturated rings. The monoisotopic (exact) mass is 455 g/mol. The molecule has 0 aromatic rings. The van der Waals surface area contributed by atoms with E-state index in [1.807, 2.05) is 0 Å². The summed E-state index contributed by atoms with van der Waals surface area (Å²) in [6.45, 7) is 1.58. The zero-order valence-corrected chi connectivity index (χ0v) is 18.1. The van der Waals surface area contributed by atoms with Gasteiger partial charge in [-0.3, -0.25) is 4.79 Å². The first-order valence-corrected chi connectivity index (χ1v) is 11.8. The highest BCUT2D eigenvalue weighted by atomic mass is 32.2. The molecule has 4 bridgehead atoms. The highest BCUT2D eigenvalue weighted by Gasteiger charge is 2.52. The van der Waals surface area contributed by atoms with E-state index in [1.54, 1.807) is 6.92 Å². The van der Waals surface area contributed by atoms with E-state index >= 15 is 0 Å². The molecule has 1 N–H and O–H groups in total. The Morgan fingerprint density at radius 3 is 2.17 bits per heavy atom. The van der Waals surface area contributed by atoms with Crippen molar-refractivity contribution in [2.45, 2.75) is 63.3 Å². The van der Waals surface area contributed by atoms with Crippen LogP contribution in [0.15, 0.2) is 0 Å². The van der Waals surface area contributed by atoms with Crippen LogP contribution in [-0.4, -0.2) is 47.0 Å². The molecule has 2 atom stereocenters. The largest absolute Gasteiger partial charge is 0.449 e. The molecule has 0 spiro atoms. The highest BCUT2D eigenvalue weighted by molar-refractivity contribution is 7.99. The van der Waals surface area contributed by atoms with E-state index in [0.29, 0.717) is 29.5 Å². The van der Waals surface area contributed by atoms with Gasteiger partial charge in [0, 0.05) is 11.5 Å². The van der Waals surface area contributed by atoms with Crippen molar-refractivity contribution in [2.75, 3.05) is 17.3 Å². The number of carbonyl (C=O) groups excluding carboxylic acids is 2. The molecule has 0 aromatic heterocycles. The normalized spacial score (nSPS) is 32.7. The molecule has 10 heteroatoms. The van der Waals surface area contributed by atoms with Gasteiger partial charge < -0.3 is 9.57 Å². The van der Waals surface area contributed by atoms with Crippen molar-refractivity contribution in [1.82, 2.24) is 5.48 Å². The number of halogens is 3. The first kappa shape index (κ1) is 23.1. The lowest BCUT2D eigenvalue weighted by atomic mass is 9.53. The Morgan fingerprint density at radius 1 is 1.14 bits per heavy atom. The van der Waals surface area contributed by atoms with Crippen molar-refractivity contribution in [2.24, 2.45) is 23.7 Å². The van der Waals surface area contributed by atoms with Crippen molar-refractivity contribution in [3.8, 4) is 0 Å². The average Bonchev–Trinajstić information content (AvgIpc) is 2.62. The summed E-state index contributed by atoms with van der Waals surface area (Å²) in [7, 11) is 0. The molecule has 5 nitrogen and oxygen atoms in total. The van der Waals surface area contributed by atoms with Gasteiger partial charge in [0.2, 0.25) is 6.10 Å². The van der Waals surface area contributed by atoms with Gasteiger partial charge in [0.1, 0.15) is 0 Å². The van der Waals surface area contributed by atoms with Crippen LogP contribution in [0, 0.1) is 23.7 Å². The molecule has 0 amide bonds. The van der Waals surface area contributed by atoms with Crippen molar-refractivity contribution in [3.63, 3.8) is 0 Å². The molecule has 0 radical (unpaired) electrons. The van der Waals surface area contributed by atoms with Crippen LogP contribution in [0.3, 0.4) is 0 Å². The minimum absolute atomic E-state index is 0.210. The third-order valence-electron chi connectivity index (χ3n) is 6.14. The van der Waals surface area contributed by atoms with Crippen LogP contribution in [0.2, 0.25) is 0 Å². The summed E-state index contributed by atoms with van der Waals surface area (Å²) in [4.78, 5) is 29.9. The molecule has 4 aliphatic rings. The molecule has 29 heavy (non-hydrogen) atoms. The van der Waals surface area contributed by atoms with E-state index in [4.69, 9.17) is 9.57 Å². The van der Waals surface area contributed by atoms with E-state index < -0.39 is 35.9 Å². The summed E-state index contributed by atoms with van der Waals surface area (Å²) in [5, 5.41) is 0. The van der Waals surface area contributed by atoms with E-state index in [0.717, 1.165) is 19.3 Å². The average molecular weight is 456 g/mol. The Kier molecular flexibility index (Phi) is 7.36. The van der Waals surface area contributed by atoms with Crippen LogP contribution in [0.5, 0.6) is 0 Å². The van der Waals surface area contributed by atoms with Crippen LogP contribution in [0.4, 0.5) is 13.2 Å². The van der Waals surface area contributed by atoms with Crippen molar-refractivity contribution < 1.29 is 32.3 Å². The summed E-state index contributed by atoms with van der Waals surface area (Å²) in [6.07, 6.45) is 0.751. The third kappa shape index (κ3) is 6.19. The van der Waals surface area contributed by atoms with Crippen molar-refractivity contribution in [1.29, 1.82) is 0 Å². The molecule has 4 saturated carbocycles. The Hall–Kier alpha value is -0.610. The number of hydrogen-bond acceptors (Lipinski definition) is 7. The van der Waals surface area contributed by atoms with Crippen LogP contribution in [-0.2, 0) is 19.2 Å². The number of alkyl halides is 3. The lowest BCUT2D eigenvalue weighted by Gasteiger charge is -2.56.